The van der Waals surface area contributed by atoms with Crippen LogP contribution in [0.5, 0.6) is 0 Å². The molecule has 0 N–H and O–H groups in total. The predicted octanol–water partition coefficient (Wildman–Crippen LogP) is 3.38. The molecule has 0 aromatic carbocycles. The minimum absolute atomic E-state index is 0.255. The second-order valence-electron chi connectivity index (χ2n) is 2.16. The lowest BCUT2D eigenvalue weighted by Gasteiger charge is -2.02. The highest BCUT2D eigenvalue weighted by atomic mass is 19.1. The summed E-state index contributed by atoms with van der Waals surface area (Å²) in [5, 5.41) is 0. The van der Waals surface area contributed by atoms with Gasteiger partial charge in [0.2, 0.25) is 0 Å². The van der Waals surface area contributed by atoms with Crippen molar-refractivity contribution in [3.8, 4) is 0 Å². The van der Waals surface area contributed by atoms with E-state index in [1.165, 1.54) is 6.08 Å². The Bertz CT molecular complexity index is 175. The van der Waals surface area contributed by atoms with Crippen molar-refractivity contribution in [2.24, 2.45) is 0 Å². The van der Waals surface area contributed by atoms with E-state index >= 15 is 0 Å². The van der Waals surface area contributed by atoms with Gasteiger partial charge in [-0.2, -0.15) is 0 Å². The summed E-state index contributed by atoms with van der Waals surface area (Å²) in [7, 11) is 0. The third-order valence-corrected chi connectivity index (χ3v) is 1.34. The van der Waals surface area contributed by atoms with E-state index in [4.69, 9.17) is 0 Å². The highest BCUT2D eigenvalue weighted by molar-refractivity contribution is 5.32. The van der Waals surface area contributed by atoms with E-state index in [0.717, 1.165) is 5.57 Å². The molecule has 0 aromatic rings. The van der Waals surface area contributed by atoms with E-state index in [-0.39, 0.29) is 5.83 Å². The average Bonchev–Trinajstić information content (AvgIpc) is 1.88. The maximum absolute atomic E-state index is 12.7. The Morgan fingerprint density at radius 3 is 2.20 bits per heavy atom. The van der Waals surface area contributed by atoms with Gasteiger partial charge in [0.1, 0.15) is 5.83 Å². The Morgan fingerprint density at radius 2 is 2.10 bits per heavy atom. The first-order valence-corrected chi connectivity index (χ1v) is 3.30. The largest absolute Gasteiger partial charge is 0.207 e. The molecular formula is C9H13F. The van der Waals surface area contributed by atoms with Gasteiger partial charge in [0.15, 0.2) is 0 Å². The third-order valence-electron chi connectivity index (χ3n) is 1.34. The van der Waals surface area contributed by atoms with Crippen LogP contribution in [0, 0.1) is 0 Å². The Kier molecular flexibility index (Phi) is 3.70. The number of hydrogen-bond acceptors (Lipinski definition) is 0. The normalized spacial score (nSPS) is 12.3. The van der Waals surface area contributed by atoms with Crippen LogP contribution in [-0.4, -0.2) is 0 Å². The molecule has 1 heteroatoms. The topological polar surface area (TPSA) is 0 Å². The van der Waals surface area contributed by atoms with E-state index in [2.05, 4.69) is 13.2 Å². The zero-order valence-corrected chi connectivity index (χ0v) is 6.58. The van der Waals surface area contributed by atoms with Crippen molar-refractivity contribution in [2.45, 2.75) is 20.3 Å². The second-order valence-corrected chi connectivity index (χ2v) is 2.16. The molecule has 0 spiro atoms. The Balaban J connectivity index is 4.62. The van der Waals surface area contributed by atoms with Gasteiger partial charge in [-0.25, -0.2) is 4.39 Å². The van der Waals surface area contributed by atoms with Gasteiger partial charge in [-0.15, -0.1) is 0 Å². The summed E-state index contributed by atoms with van der Waals surface area (Å²) in [4.78, 5) is 0. The molecule has 0 bridgehead atoms. The van der Waals surface area contributed by atoms with Crippen LogP contribution < -0.4 is 0 Å². The van der Waals surface area contributed by atoms with Crippen LogP contribution in [-0.2, 0) is 0 Å². The summed E-state index contributed by atoms with van der Waals surface area (Å²) in [6.45, 7) is 10.7. The lowest BCUT2D eigenvalue weighted by molar-refractivity contribution is 0.651. The van der Waals surface area contributed by atoms with Crippen molar-refractivity contribution in [1.82, 2.24) is 0 Å². The summed E-state index contributed by atoms with van der Waals surface area (Å²) in [6.07, 6.45) is 1.89. The lowest BCUT2D eigenvalue weighted by Crippen LogP contribution is -1.84. The number of allylic oxidation sites excluding steroid dienone is 4. The molecule has 0 aliphatic heterocycles. The Labute approximate surface area is 61.8 Å². The molecule has 0 nitrogen and oxygen atoms in total. The first-order chi connectivity index (χ1) is 4.63. The zero-order valence-electron chi connectivity index (χ0n) is 6.58. The van der Waals surface area contributed by atoms with Crippen molar-refractivity contribution < 1.29 is 4.39 Å². The minimum atomic E-state index is -0.255. The van der Waals surface area contributed by atoms with Gasteiger partial charge < -0.3 is 0 Å². The molecule has 0 unspecified atom stereocenters. The summed E-state index contributed by atoms with van der Waals surface area (Å²) in [6, 6.07) is 0. The van der Waals surface area contributed by atoms with Crippen LogP contribution in [0.25, 0.3) is 0 Å². The van der Waals surface area contributed by atoms with Gasteiger partial charge in [0.25, 0.3) is 0 Å². The Morgan fingerprint density at radius 1 is 1.60 bits per heavy atom. The van der Waals surface area contributed by atoms with Crippen LogP contribution in [0.4, 0.5) is 4.39 Å². The zero-order chi connectivity index (χ0) is 8.15. The molecule has 0 aliphatic rings. The summed E-state index contributed by atoms with van der Waals surface area (Å²) < 4.78 is 12.7. The molecular weight excluding hydrogens is 127 g/mol. The maximum atomic E-state index is 12.7. The van der Waals surface area contributed by atoms with Crippen LogP contribution in [0.15, 0.2) is 36.2 Å². The minimum Gasteiger partial charge on any atom is -0.207 e. The van der Waals surface area contributed by atoms with E-state index in [1.54, 1.807) is 6.92 Å². The number of rotatable bonds is 3. The fraction of sp³-hybridized carbons (Fsp3) is 0.333. The third kappa shape index (κ3) is 2.18. The molecule has 0 aliphatic carbocycles. The smallest absolute Gasteiger partial charge is 0.126 e. The monoisotopic (exact) mass is 140 g/mol. The fourth-order valence-electron chi connectivity index (χ4n) is 0.798. The molecule has 0 amide bonds. The van der Waals surface area contributed by atoms with Crippen molar-refractivity contribution in [3.05, 3.63) is 36.2 Å². The van der Waals surface area contributed by atoms with Crippen molar-refractivity contribution in [2.75, 3.05) is 0 Å². The lowest BCUT2D eigenvalue weighted by atomic mass is 10.1. The van der Waals surface area contributed by atoms with E-state index in [0.29, 0.717) is 12.0 Å². The van der Waals surface area contributed by atoms with Gasteiger partial charge in [0, 0.05) is 0 Å². The standard InChI is InChI=1S/C9H13F/c1-5-8(7(3)4)9(10)6-2/h6H,2-3,5H2,1,4H3/b9-8+. The van der Waals surface area contributed by atoms with E-state index in [9.17, 15) is 4.39 Å². The van der Waals surface area contributed by atoms with Gasteiger partial charge in [0.05, 0.1) is 0 Å². The number of hydrogen-bond donors (Lipinski definition) is 0. The van der Waals surface area contributed by atoms with Gasteiger partial charge in [-0.05, 0) is 25.0 Å². The van der Waals surface area contributed by atoms with Crippen LogP contribution >= 0.6 is 0 Å². The molecule has 0 rings (SSSR count). The van der Waals surface area contributed by atoms with E-state index in [1.807, 2.05) is 6.92 Å². The van der Waals surface area contributed by atoms with Crippen LogP contribution in [0.3, 0.4) is 0 Å². The molecule has 56 valence electrons. The summed E-state index contributed by atoms with van der Waals surface area (Å²) in [5.74, 6) is -0.255. The van der Waals surface area contributed by atoms with Crippen LogP contribution in [0.2, 0.25) is 0 Å². The van der Waals surface area contributed by atoms with E-state index < -0.39 is 0 Å². The molecule has 0 fully saturated rings. The molecule has 0 saturated carbocycles. The maximum Gasteiger partial charge on any atom is 0.126 e. The average molecular weight is 140 g/mol. The molecule has 0 atom stereocenters. The quantitative estimate of drug-likeness (QED) is 0.527. The SMILES string of the molecule is C=C/C(F)=C(/CC)C(=C)C. The van der Waals surface area contributed by atoms with Gasteiger partial charge in [-0.3, -0.25) is 0 Å². The molecule has 10 heavy (non-hydrogen) atoms. The van der Waals surface area contributed by atoms with Crippen molar-refractivity contribution in [1.29, 1.82) is 0 Å². The highest BCUT2D eigenvalue weighted by Crippen LogP contribution is 2.17. The predicted molar refractivity (Wildman–Crippen MR) is 43.4 cm³/mol. The highest BCUT2D eigenvalue weighted by Gasteiger charge is 2.00. The summed E-state index contributed by atoms with van der Waals surface area (Å²) >= 11 is 0. The van der Waals surface area contributed by atoms with Crippen molar-refractivity contribution in [3.63, 3.8) is 0 Å². The van der Waals surface area contributed by atoms with Gasteiger partial charge in [-0.1, -0.05) is 25.7 Å². The Hall–Kier alpha value is -0.850. The van der Waals surface area contributed by atoms with Crippen molar-refractivity contribution >= 4 is 0 Å². The van der Waals surface area contributed by atoms with Crippen LogP contribution in [0.1, 0.15) is 20.3 Å². The first-order valence-electron chi connectivity index (χ1n) is 3.30. The first kappa shape index (κ1) is 9.15. The molecule has 0 saturated heterocycles. The summed E-state index contributed by atoms with van der Waals surface area (Å²) in [5.41, 5.74) is 1.44. The number of halogens is 1. The van der Waals surface area contributed by atoms with Gasteiger partial charge >= 0.3 is 0 Å². The molecule has 0 aromatic heterocycles. The fourth-order valence-corrected chi connectivity index (χ4v) is 0.798. The second kappa shape index (κ2) is 4.04. The molecule has 0 radical (unpaired) electrons. The molecule has 0 heterocycles.